The van der Waals surface area contributed by atoms with Gasteiger partial charge in [-0.1, -0.05) is 6.42 Å². The van der Waals surface area contributed by atoms with E-state index < -0.39 is 5.66 Å². The number of carbonyl (C=O) groups excluding carboxylic acids is 1. The fourth-order valence-corrected chi connectivity index (χ4v) is 3.54. The van der Waals surface area contributed by atoms with Crippen molar-refractivity contribution in [3.63, 3.8) is 0 Å². The molecule has 1 heterocycles. The Kier molecular flexibility index (Phi) is 5.41. The molecule has 26 heavy (non-hydrogen) atoms. The monoisotopic (exact) mass is 359 g/mol. The minimum atomic E-state index is -0.491. The van der Waals surface area contributed by atoms with Crippen LogP contribution in [0.5, 0.6) is 0 Å². The van der Waals surface area contributed by atoms with Crippen LogP contribution in [0.1, 0.15) is 42.5 Å². The molecule has 1 fully saturated rings. The van der Waals surface area contributed by atoms with Gasteiger partial charge >= 0.3 is 5.97 Å². The molecule has 1 spiro atoms. The van der Waals surface area contributed by atoms with E-state index in [-0.39, 0.29) is 18.5 Å². The summed E-state index contributed by atoms with van der Waals surface area (Å²) in [5.74, 6) is 0.164. The highest BCUT2D eigenvalue weighted by atomic mass is 16.6. The van der Waals surface area contributed by atoms with Gasteiger partial charge in [-0.2, -0.15) is 4.99 Å². The van der Waals surface area contributed by atoms with Crippen molar-refractivity contribution in [1.29, 1.82) is 0 Å². The third-order valence-electron chi connectivity index (χ3n) is 4.73. The fraction of sp³-hybridized carbons (Fsp3) is 0.500. The standard InChI is InChI=1S/C18H25N5O3/c1-25-11-12-26-15(24)13-5-7-14(8-6-13)23-17(20)21-16(19)22-18(23)9-3-2-4-10-18/h5-8H,2-4,9-12H2,1H3,(H4,19,20,21,22). The number of ether oxygens (including phenoxy) is 2. The topological polar surface area (TPSA) is 116 Å². The number of guanidine groups is 2. The zero-order valence-electron chi connectivity index (χ0n) is 15.0. The molecule has 8 nitrogen and oxygen atoms in total. The van der Waals surface area contributed by atoms with Gasteiger partial charge in [-0.05, 0) is 49.9 Å². The maximum absolute atomic E-state index is 12.0. The largest absolute Gasteiger partial charge is 0.460 e. The van der Waals surface area contributed by atoms with Crippen molar-refractivity contribution in [2.75, 3.05) is 25.2 Å². The van der Waals surface area contributed by atoms with Gasteiger partial charge in [0.05, 0.1) is 12.2 Å². The molecule has 0 bridgehead atoms. The highest BCUT2D eigenvalue weighted by molar-refractivity contribution is 6.05. The highest BCUT2D eigenvalue weighted by Gasteiger charge is 2.42. The first-order chi connectivity index (χ1) is 12.6. The predicted molar refractivity (Wildman–Crippen MR) is 100 cm³/mol. The average molecular weight is 359 g/mol. The van der Waals surface area contributed by atoms with Gasteiger partial charge in [-0.3, -0.25) is 4.90 Å². The Bertz CT molecular complexity index is 708. The molecule has 0 unspecified atom stereocenters. The summed E-state index contributed by atoms with van der Waals surface area (Å²) in [5.41, 5.74) is 12.9. The number of anilines is 1. The second-order valence-corrected chi connectivity index (χ2v) is 6.49. The zero-order valence-corrected chi connectivity index (χ0v) is 15.0. The highest BCUT2D eigenvalue weighted by Crippen LogP contribution is 2.39. The van der Waals surface area contributed by atoms with Gasteiger partial charge in [0.2, 0.25) is 11.9 Å². The molecule has 1 aliphatic heterocycles. The summed E-state index contributed by atoms with van der Waals surface area (Å²) in [5, 5.41) is 0. The predicted octanol–water partition coefficient (Wildman–Crippen LogP) is 1.60. The number of methoxy groups -OCH3 is 1. The van der Waals surface area contributed by atoms with Gasteiger partial charge in [-0.25, -0.2) is 9.79 Å². The minimum absolute atomic E-state index is 0.221. The molecular weight excluding hydrogens is 334 g/mol. The van der Waals surface area contributed by atoms with Crippen molar-refractivity contribution >= 4 is 23.6 Å². The fourth-order valence-electron chi connectivity index (χ4n) is 3.54. The smallest absolute Gasteiger partial charge is 0.338 e. The second kappa shape index (κ2) is 7.74. The number of rotatable bonds is 5. The van der Waals surface area contributed by atoms with Crippen LogP contribution in [0, 0.1) is 0 Å². The summed E-state index contributed by atoms with van der Waals surface area (Å²) >= 11 is 0. The number of nitrogens with zero attached hydrogens (tertiary/aromatic N) is 3. The normalized spacial score (nSPS) is 19.0. The van der Waals surface area contributed by atoms with E-state index in [0.29, 0.717) is 18.1 Å². The van der Waals surface area contributed by atoms with E-state index in [9.17, 15) is 4.79 Å². The molecule has 0 saturated heterocycles. The molecule has 2 aliphatic rings. The lowest BCUT2D eigenvalue weighted by atomic mass is 9.87. The summed E-state index contributed by atoms with van der Waals surface area (Å²) in [7, 11) is 1.56. The van der Waals surface area contributed by atoms with Crippen molar-refractivity contribution in [2.24, 2.45) is 21.5 Å². The van der Waals surface area contributed by atoms with E-state index in [1.54, 1.807) is 19.2 Å². The Morgan fingerprint density at radius 2 is 1.85 bits per heavy atom. The summed E-state index contributed by atoms with van der Waals surface area (Å²) in [6.45, 7) is 0.590. The van der Waals surface area contributed by atoms with Gasteiger partial charge in [-0.15, -0.1) is 0 Å². The first kappa shape index (κ1) is 18.2. The first-order valence-corrected chi connectivity index (χ1v) is 8.81. The van der Waals surface area contributed by atoms with Crippen LogP contribution in [0.2, 0.25) is 0 Å². The molecule has 1 aromatic carbocycles. The third-order valence-corrected chi connectivity index (χ3v) is 4.73. The van der Waals surface area contributed by atoms with E-state index in [1.165, 1.54) is 6.42 Å². The van der Waals surface area contributed by atoms with Gasteiger partial charge < -0.3 is 20.9 Å². The van der Waals surface area contributed by atoms with Crippen molar-refractivity contribution in [1.82, 2.24) is 0 Å². The zero-order chi connectivity index (χ0) is 18.6. The second-order valence-electron chi connectivity index (χ2n) is 6.49. The van der Waals surface area contributed by atoms with Gasteiger partial charge in [0.1, 0.15) is 12.3 Å². The van der Waals surface area contributed by atoms with Crippen LogP contribution in [0.4, 0.5) is 5.69 Å². The Morgan fingerprint density at radius 3 is 2.50 bits per heavy atom. The van der Waals surface area contributed by atoms with Crippen molar-refractivity contribution in [3.05, 3.63) is 29.8 Å². The lowest BCUT2D eigenvalue weighted by molar-refractivity contribution is 0.0388. The van der Waals surface area contributed by atoms with Gasteiger partial charge in [0.25, 0.3) is 0 Å². The van der Waals surface area contributed by atoms with Gasteiger partial charge in [0, 0.05) is 12.8 Å². The van der Waals surface area contributed by atoms with Crippen LogP contribution in [0.25, 0.3) is 0 Å². The molecule has 1 aliphatic carbocycles. The number of esters is 1. The van der Waals surface area contributed by atoms with E-state index in [4.69, 9.17) is 20.9 Å². The maximum Gasteiger partial charge on any atom is 0.338 e. The molecule has 3 rings (SSSR count). The number of aliphatic imine (C=N–C) groups is 2. The molecule has 0 amide bonds. The molecule has 1 saturated carbocycles. The Hall–Kier alpha value is -2.61. The molecule has 0 atom stereocenters. The Balaban J connectivity index is 1.82. The van der Waals surface area contributed by atoms with Crippen molar-refractivity contribution < 1.29 is 14.3 Å². The summed E-state index contributed by atoms with van der Waals surface area (Å²) in [6.07, 6.45) is 5.03. The number of hydrogen-bond acceptors (Lipinski definition) is 8. The number of nitrogens with two attached hydrogens (primary N) is 2. The molecular formula is C18H25N5O3. The van der Waals surface area contributed by atoms with E-state index in [2.05, 4.69) is 9.98 Å². The summed E-state index contributed by atoms with van der Waals surface area (Å²) in [4.78, 5) is 22.7. The molecule has 140 valence electrons. The van der Waals surface area contributed by atoms with Crippen LogP contribution >= 0.6 is 0 Å². The minimum Gasteiger partial charge on any atom is -0.460 e. The van der Waals surface area contributed by atoms with Crippen LogP contribution in [-0.2, 0) is 9.47 Å². The number of benzene rings is 1. The number of hydrogen-bond donors (Lipinski definition) is 2. The lowest BCUT2D eigenvalue weighted by Crippen LogP contribution is -2.58. The summed E-state index contributed by atoms with van der Waals surface area (Å²) in [6, 6.07) is 7.11. The van der Waals surface area contributed by atoms with Gasteiger partial charge in [0.15, 0.2) is 0 Å². The average Bonchev–Trinajstić information content (AvgIpc) is 2.62. The molecule has 1 aromatic rings. The quantitative estimate of drug-likeness (QED) is 0.609. The molecule has 8 heteroatoms. The summed E-state index contributed by atoms with van der Waals surface area (Å²) < 4.78 is 10.0. The van der Waals surface area contributed by atoms with E-state index >= 15 is 0 Å². The van der Waals surface area contributed by atoms with Crippen LogP contribution < -0.4 is 16.4 Å². The first-order valence-electron chi connectivity index (χ1n) is 8.81. The number of carbonyl (C=O) groups is 1. The SMILES string of the molecule is COCCOC(=O)c1ccc(N2C(N)=NC(N)=NC23CCCCC3)cc1. The molecule has 0 aromatic heterocycles. The van der Waals surface area contributed by atoms with E-state index in [0.717, 1.165) is 31.4 Å². The van der Waals surface area contributed by atoms with Crippen molar-refractivity contribution in [2.45, 2.75) is 37.8 Å². The van der Waals surface area contributed by atoms with Crippen molar-refractivity contribution in [3.8, 4) is 0 Å². The van der Waals surface area contributed by atoms with Crippen LogP contribution in [0.3, 0.4) is 0 Å². The molecule has 4 N–H and O–H groups in total. The van der Waals surface area contributed by atoms with E-state index in [1.807, 2.05) is 17.0 Å². The molecule has 0 radical (unpaired) electrons. The third kappa shape index (κ3) is 3.65. The lowest BCUT2D eigenvalue weighted by Gasteiger charge is -2.45. The maximum atomic E-state index is 12.0. The Morgan fingerprint density at radius 1 is 1.15 bits per heavy atom. The van der Waals surface area contributed by atoms with Crippen LogP contribution in [0.15, 0.2) is 34.3 Å². The van der Waals surface area contributed by atoms with Crippen LogP contribution in [-0.4, -0.2) is 43.9 Å². The Labute approximate surface area is 152 Å².